The molecule has 0 radical (unpaired) electrons. The van der Waals surface area contributed by atoms with Crippen molar-refractivity contribution >= 4 is 5.90 Å². The largest absolute Gasteiger partial charge is 0.478 e. The average molecular weight is 167 g/mol. The molecule has 12 heavy (non-hydrogen) atoms. The predicted molar refractivity (Wildman–Crippen MR) is 51.5 cm³/mol. The molecule has 1 aliphatic rings. The molecule has 0 aromatic heterocycles. The summed E-state index contributed by atoms with van der Waals surface area (Å²) in [6, 6.07) is 0. The molecule has 0 atom stereocenters. The lowest BCUT2D eigenvalue weighted by Gasteiger charge is -2.06. The molecule has 2 nitrogen and oxygen atoms in total. The van der Waals surface area contributed by atoms with E-state index in [-0.39, 0.29) is 0 Å². The van der Waals surface area contributed by atoms with Gasteiger partial charge in [0.1, 0.15) is 0 Å². The standard InChI is InChI=1S/C10H17NO/c1-3-9-7-5-6-8-12-10(9)11-4-2/h3H,4-8H2,1-2H3/b9-3-,11-10+. The zero-order valence-electron chi connectivity index (χ0n) is 7.97. The second-order valence-electron chi connectivity index (χ2n) is 2.90. The van der Waals surface area contributed by atoms with Crippen LogP contribution in [0, 0.1) is 0 Å². The number of nitrogens with zero attached hydrogens (tertiary/aromatic N) is 1. The van der Waals surface area contributed by atoms with Gasteiger partial charge in [0.2, 0.25) is 5.90 Å². The van der Waals surface area contributed by atoms with Crippen LogP contribution in [0.25, 0.3) is 0 Å². The summed E-state index contributed by atoms with van der Waals surface area (Å²) in [4.78, 5) is 4.32. The van der Waals surface area contributed by atoms with Crippen molar-refractivity contribution in [1.82, 2.24) is 0 Å². The Labute approximate surface area is 74.3 Å². The summed E-state index contributed by atoms with van der Waals surface area (Å²) in [5.74, 6) is 0.873. The van der Waals surface area contributed by atoms with Crippen LogP contribution in [0.1, 0.15) is 33.1 Å². The van der Waals surface area contributed by atoms with Crippen LogP contribution in [0.3, 0.4) is 0 Å². The van der Waals surface area contributed by atoms with E-state index < -0.39 is 0 Å². The highest BCUT2D eigenvalue weighted by atomic mass is 16.5. The van der Waals surface area contributed by atoms with Crippen molar-refractivity contribution in [3.63, 3.8) is 0 Å². The fourth-order valence-electron chi connectivity index (χ4n) is 1.34. The van der Waals surface area contributed by atoms with Crippen molar-refractivity contribution in [3.8, 4) is 0 Å². The van der Waals surface area contributed by atoms with Gasteiger partial charge in [0.05, 0.1) is 6.61 Å². The number of hydrogen-bond donors (Lipinski definition) is 0. The van der Waals surface area contributed by atoms with Crippen LogP contribution in [0.5, 0.6) is 0 Å². The van der Waals surface area contributed by atoms with Crippen molar-refractivity contribution in [2.75, 3.05) is 13.2 Å². The molecule has 0 aliphatic carbocycles. The molecule has 1 fully saturated rings. The van der Waals surface area contributed by atoms with Crippen LogP contribution >= 0.6 is 0 Å². The Kier molecular flexibility index (Phi) is 3.85. The Hall–Kier alpha value is -0.790. The van der Waals surface area contributed by atoms with Crippen LogP contribution < -0.4 is 0 Å². The predicted octanol–water partition coefficient (Wildman–Crippen LogP) is 2.55. The van der Waals surface area contributed by atoms with Gasteiger partial charge in [-0.3, -0.25) is 4.99 Å². The summed E-state index contributed by atoms with van der Waals surface area (Å²) in [6.07, 6.45) is 5.61. The van der Waals surface area contributed by atoms with Crippen LogP contribution in [0.15, 0.2) is 16.6 Å². The minimum Gasteiger partial charge on any atom is -0.478 e. The third kappa shape index (κ3) is 2.36. The number of aliphatic imine (C=N–C) groups is 1. The maximum Gasteiger partial charge on any atom is 0.211 e. The van der Waals surface area contributed by atoms with Gasteiger partial charge in [-0.1, -0.05) is 6.08 Å². The lowest BCUT2D eigenvalue weighted by atomic mass is 10.1. The van der Waals surface area contributed by atoms with E-state index in [1.54, 1.807) is 0 Å². The van der Waals surface area contributed by atoms with Crippen LogP contribution in [0.4, 0.5) is 0 Å². The summed E-state index contributed by atoms with van der Waals surface area (Å²) in [5.41, 5.74) is 1.27. The molecule has 2 heteroatoms. The van der Waals surface area contributed by atoms with E-state index in [4.69, 9.17) is 4.74 Å². The smallest absolute Gasteiger partial charge is 0.211 e. The monoisotopic (exact) mass is 167 g/mol. The van der Waals surface area contributed by atoms with E-state index in [1.165, 1.54) is 12.0 Å². The average Bonchev–Trinajstić information content (AvgIpc) is 2.30. The molecule has 68 valence electrons. The van der Waals surface area contributed by atoms with Crippen molar-refractivity contribution in [3.05, 3.63) is 11.6 Å². The van der Waals surface area contributed by atoms with Gasteiger partial charge in [0, 0.05) is 12.1 Å². The van der Waals surface area contributed by atoms with Gasteiger partial charge in [0.25, 0.3) is 0 Å². The molecule has 0 bridgehead atoms. The highest BCUT2D eigenvalue weighted by Gasteiger charge is 2.10. The second-order valence-corrected chi connectivity index (χ2v) is 2.90. The van der Waals surface area contributed by atoms with Crippen molar-refractivity contribution in [2.24, 2.45) is 4.99 Å². The first kappa shape index (κ1) is 9.30. The number of hydrogen-bond acceptors (Lipinski definition) is 2. The number of allylic oxidation sites excluding steroid dienone is 1. The molecule has 1 aliphatic heterocycles. The Morgan fingerprint density at radius 2 is 2.33 bits per heavy atom. The quantitative estimate of drug-likeness (QED) is 0.588. The first-order chi connectivity index (χ1) is 5.88. The van der Waals surface area contributed by atoms with Crippen LogP contribution in [-0.4, -0.2) is 19.0 Å². The van der Waals surface area contributed by atoms with Gasteiger partial charge >= 0.3 is 0 Å². The van der Waals surface area contributed by atoms with E-state index in [9.17, 15) is 0 Å². The fraction of sp³-hybridized carbons (Fsp3) is 0.700. The number of rotatable bonds is 1. The first-order valence-corrected chi connectivity index (χ1v) is 4.71. The lowest BCUT2D eigenvalue weighted by molar-refractivity contribution is 0.304. The summed E-state index contributed by atoms with van der Waals surface area (Å²) < 4.78 is 5.53. The summed E-state index contributed by atoms with van der Waals surface area (Å²) >= 11 is 0. The third-order valence-corrected chi connectivity index (χ3v) is 2.00. The highest BCUT2D eigenvalue weighted by molar-refractivity contribution is 5.93. The molecule has 0 saturated carbocycles. The van der Waals surface area contributed by atoms with Gasteiger partial charge in [-0.05, 0) is 33.1 Å². The van der Waals surface area contributed by atoms with Gasteiger partial charge in [-0.25, -0.2) is 0 Å². The normalized spacial score (nSPS) is 25.5. The van der Waals surface area contributed by atoms with Crippen molar-refractivity contribution in [1.29, 1.82) is 0 Å². The Morgan fingerprint density at radius 1 is 1.50 bits per heavy atom. The molecule has 1 heterocycles. The number of ether oxygens (including phenoxy) is 1. The molecule has 0 unspecified atom stereocenters. The maximum absolute atomic E-state index is 5.53. The topological polar surface area (TPSA) is 21.6 Å². The summed E-state index contributed by atoms with van der Waals surface area (Å²) in [7, 11) is 0. The zero-order chi connectivity index (χ0) is 8.81. The SMILES string of the molecule is C/C=C1/CCCCO/C1=N/CC. The highest BCUT2D eigenvalue weighted by Crippen LogP contribution is 2.15. The Morgan fingerprint density at radius 3 is 3.00 bits per heavy atom. The van der Waals surface area contributed by atoms with Gasteiger partial charge in [0.15, 0.2) is 0 Å². The fourth-order valence-corrected chi connectivity index (χ4v) is 1.34. The first-order valence-electron chi connectivity index (χ1n) is 4.71. The van der Waals surface area contributed by atoms with E-state index in [0.29, 0.717) is 0 Å². The van der Waals surface area contributed by atoms with E-state index in [1.807, 2.05) is 6.92 Å². The van der Waals surface area contributed by atoms with E-state index in [2.05, 4.69) is 18.0 Å². The maximum atomic E-state index is 5.53. The molecule has 0 N–H and O–H groups in total. The Balaban J connectivity index is 2.71. The second kappa shape index (κ2) is 4.96. The molecule has 1 saturated heterocycles. The van der Waals surface area contributed by atoms with Gasteiger partial charge < -0.3 is 4.74 Å². The Bertz CT molecular complexity index is 194. The van der Waals surface area contributed by atoms with Crippen molar-refractivity contribution in [2.45, 2.75) is 33.1 Å². The third-order valence-electron chi connectivity index (χ3n) is 2.00. The molecule has 0 spiro atoms. The molecule has 0 aromatic carbocycles. The minimum absolute atomic E-state index is 0.812. The molecular formula is C10H17NO. The van der Waals surface area contributed by atoms with Gasteiger partial charge in [-0.2, -0.15) is 0 Å². The molecule has 1 rings (SSSR count). The minimum atomic E-state index is 0.812. The lowest BCUT2D eigenvalue weighted by Crippen LogP contribution is -2.06. The molecule has 0 aromatic rings. The van der Waals surface area contributed by atoms with E-state index in [0.717, 1.165) is 31.9 Å². The van der Waals surface area contributed by atoms with Crippen molar-refractivity contribution < 1.29 is 4.74 Å². The van der Waals surface area contributed by atoms with Gasteiger partial charge in [-0.15, -0.1) is 0 Å². The summed E-state index contributed by atoms with van der Waals surface area (Å²) in [6.45, 7) is 5.73. The van der Waals surface area contributed by atoms with E-state index >= 15 is 0 Å². The summed E-state index contributed by atoms with van der Waals surface area (Å²) in [5, 5.41) is 0. The zero-order valence-corrected chi connectivity index (χ0v) is 7.97. The van der Waals surface area contributed by atoms with Crippen LogP contribution in [-0.2, 0) is 4.74 Å². The molecule has 0 amide bonds. The van der Waals surface area contributed by atoms with Crippen LogP contribution in [0.2, 0.25) is 0 Å². The molecular weight excluding hydrogens is 150 g/mol.